The molecule has 1 amide bonds. The van der Waals surface area contributed by atoms with E-state index in [0.717, 1.165) is 10.6 Å². The zero-order valence-corrected chi connectivity index (χ0v) is 12.5. The van der Waals surface area contributed by atoms with Crippen LogP contribution in [0.15, 0.2) is 28.8 Å². The first kappa shape index (κ1) is 14.4. The van der Waals surface area contributed by atoms with Gasteiger partial charge in [-0.05, 0) is 43.4 Å². The lowest BCUT2D eigenvalue weighted by Crippen LogP contribution is -2.44. The fourth-order valence-electron chi connectivity index (χ4n) is 3.26. The molecule has 0 saturated heterocycles. The molecule has 3 rings (SSSR count). The minimum Gasteiger partial charge on any atom is -0.369 e. The summed E-state index contributed by atoms with van der Waals surface area (Å²) in [6.07, 6.45) is 1.49. The van der Waals surface area contributed by atoms with Gasteiger partial charge in [0.15, 0.2) is 0 Å². The summed E-state index contributed by atoms with van der Waals surface area (Å²) in [6, 6.07) is 4.79. The van der Waals surface area contributed by atoms with Crippen molar-refractivity contribution in [2.45, 2.75) is 31.6 Å². The highest BCUT2D eigenvalue weighted by molar-refractivity contribution is 8.03. The van der Waals surface area contributed by atoms with Gasteiger partial charge in [-0.1, -0.05) is 12.1 Å². The second-order valence-corrected chi connectivity index (χ2v) is 6.62. The van der Waals surface area contributed by atoms with Crippen molar-refractivity contribution in [2.24, 2.45) is 5.73 Å². The van der Waals surface area contributed by atoms with Crippen LogP contribution in [0.1, 0.15) is 30.4 Å². The van der Waals surface area contributed by atoms with E-state index in [0.29, 0.717) is 36.3 Å². The van der Waals surface area contributed by atoms with E-state index >= 15 is 0 Å². The van der Waals surface area contributed by atoms with Crippen molar-refractivity contribution in [3.05, 3.63) is 45.7 Å². The monoisotopic (exact) mass is 308 g/mol. The third-order valence-corrected chi connectivity index (χ3v) is 5.60. The average molecular weight is 308 g/mol. The van der Waals surface area contributed by atoms with Crippen LogP contribution in [0.2, 0.25) is 0 Å². The molecule has 1 unspecified atom stereocenters. The Balaban J connectivity index is 2.09. The molecule has 1 aromatic carbocycles. The van der Waals surface area contributed by atoms with E-state index in [-0.39, 0.29) is 5.82 Å². The fraction of sp³-hybridized carbons (Fsp3) is 0.400. The Hall–Kier alpha value is -1.53. The highest BCUT2D eigenvalue weighted by atomic mass is 32.2. The van der Waals surface area contributed by atoms with E-state index in [1.165, 1.54) is 22.9 Å². The third-order valence-electron chi connectivity index (χ3n) is 4.50. The number of carbonyl (C=O) groups is 1. The van der Waals surface area contributed by atoms with E-state index in [9.17, 15) is 14.4 Å². The van der Waals surface area contributed by atoms with Crippen LogP contribution in [0.4, 0.5) is 4.39 Å². The quantitative estimate of drug-likeness (QED) is 0.881. The summed E-state index contributed by atoms with van der Waals surface area (Å²) in [7, 11) is 0. The van der Waals surface area contributed by atoms with Crippen molar-refractivity contribution < 1.29 is 14.4 Å². The number of hydroxylamine groups is 2. The average Bonchev–Trinajstić information content (AvgIpc) is 2.82. The normalized spacial score (nSPS) is 25.2. The van der Waals surface area contributed by atoms with Crippen LogP contribution in [0.5, 0.6) is 0 Å². The molecule has 21 heavy (non-hydrogen) atoms. The van der Waals surface area contributed by atoms with E-state index < -0.39 is 11.3 Å². The van der Waals surface area contributed by atoms with E-state index in [1.54, 1.807) is 19.1 Å². The van der Waals surface area contributed by atoms with E-state index in [2.05, 4.69) is 0 Å². The molecule has 4 nitrogen and oxygen atoms in total. The molecule has 0 spiro atoms. The molecule has 1 aliphatic carbocycles. The zero-order valence-electron chi connectivity index (χ0n) is 11.7. The molecule has 6 heteroatoms. The molecule has 0 saturated carbocycles. The van der Waals surface area contributed by atoms with Crippen molar-refractivity contribution in [3.8, 4) is 0 Å². The third kappa shape index (κ3) is 2.13. The van der Waals surface area contributed by atoms with Crippen LogP contribution in [0.25, 0.3) is 0 Å². The molecule has 1 aliphatic heterocycles. The Morgan fingerprint density at radius 2 is 2.29 bits per heavy atom. The van der Waals surface area contributed by atoms with E-state index in [4.69, 9.17) is 5.73 Å². The largest absolute Gasteiger partial charge is 0.369 e. The Kier molecular flexibility index (Phi) is 3.45. The molecule has 3 N–H and O–H groups in total. The number of carbonyl (C=O) groups excluding carboxylic acids is 1. The molecule has 1 heterocycles. The van der Waals surface area contributed by atoms with Crippen molar-refractivity contribution in [2.75, 3.05) is 5.88 Å². The Morgan fingerprint density at radius 3 is 3.00 bits per heavy atom. The standard InChI is InChI=1S/C15H17FN2O2S/c1-9-10(3-2-4-11(9)16)15(14(17)19)6-5-12-13(7-15)21-8-18(12)20/h2-4,20H,5-8H2,1H3,(H2,17,19). The first-order valence-corrected chi connectivity index (χ1v) is 7.81. The number of nitrogens with zero attached hydrogens (tertiary/aromatic N) is 1. The molecular formula is C15H17FN2O2S. The second-order valence-electron chi connectivity index (χ2n) is 5.58. The summed E-state index contributed by atoms with van der Waals surface area (Å²) in [6.45, 7) is 1.68. The number of rotatable bonds is 2. The summed E-state index contributed by atoms with van der Waals surface area (Å²) in [4.78, 5) is 13.2. The minimum atomic E-state index is -0.886. The number of thioether (sulfide) groups is 1. The molecule has 0 radical (unpaired) electrons. The summed E-state index contributed by atoms with van der Waals surface area (Å²) in [5.41, 5.74) is 6.82. The SMILES string of the molecule is Cc1c(F)cccc1C1(C(N)=O)CCC2=C(C1)SCN2O. The molecule has 1 aromatic rings. The molecule has 0 bridgehead atoms. The lowest BCUT2D eigenvalue weighted by molar-refractivity contribution is -0.124. The summed E-state index contributed by atoms with van der Waals surface area (Å²) < 4.78 is 13.9. The van der Waals surface area contributed by atoms with Gasteiger partial charge in [0.2, 0.25) is 5.91 Å². The maximum absolute atomic E-state index is 13.9. The molecular weight excluding hydrogens is 291 g/mol. The van der Waals surface area contributed by atoms with Gasteiger partial charge in [0.25, 0.3) is 0 Å². The van der Waals surface area contributed by atoms with E-state index in [1.807, 2.05) is 0 Å². The van der Waals surface area contributed by atoms with Gasteiger partial charge in [-0.15, -0.1) is 11.8 Å². The first-order valence-electron chi connectivity index (χ1n) is 6.82. The van der Waals surface area contributed by atoms with Gasteiger partial charge >= 0.3 is 0 Å². The van der Waals surface area contributed by atoms with Gasteiger partial charge in [-0.3, -0.25) is 15.1 Å². The topological polar surface area (TPSA) is 66.6 Å². The van der Waals surface area contributed by atoms with Crippen LogP contribution in [-0.2, 0) is 10.2 Å². The van der Waals surface area contributed by atoms with Crippen LogP contribution in [0, 0.1) is 12.7 Å². The number of primary amides is 1. The zero-order chi connectivity index (χ0) is 15.2. The Morgan fingerprint density at radius 1 is 1.52 bits per heavy atom. The Bertz CT molecular complexity index is 647. The first-order chi connectivity index (χ1) is 9.95. The number of nitrogens with two attached hydrogens (primary N) is 1. The molecule has 1 atom stereocenters. The number of amides is 1. The number of hydrogen-bond donors (Lipinski definition) is 2. The lowest BCUT2D eigenvalue weighted by atomic mass is 9.69. The second kappa shape index (κ2) is 5.03. The summed E-state index contributed by atoms with van der Waals surface area (Å²) in [5, 5.41) is 11.0. The van der Waals surface area contributed by atoms with Gasteiger partial charge in [0.1, 0.15) is 5.82 Å². The summed E-state index contributed by atoms with van der Waals surface area (Å²) >= 11 is 1.51. The molecule has 112 valence electrons. The predicted molar refractivity (Wildman–Crippen MR) is 79.0 cm³/mol. The van der Waals surface area contributed by atoms with Crippen molar-refractivity contribution >= 4 is 17.7 Å². The van der Waals surface area contributed by atoms with Crippen molar-refractivity contribution in [1.82, 2.24) is 5.06 Å². The number of benzene rings is 1. The van der Waals surface area contributed by atoms with Crippen LogP contribution >= 0.6 is 11.8 Å². The van der Waals surface area contributed by atoms with Crippen LogP contribution < -0.4 is 5.73 Å². The summed E-state index contributed by atoms with van der Waals surface area (Å²) in [5.74, 6) is -0.280. The number of hydrogen-bond acceptors (Lipinski definition) is 4. The predicted octanol–water partition coefficient (Wildman–Crippen LogP) is 2.65. The number of allylic oxidation sites excluding steroid dienone is 2. The molecule has 2 aliphatic rings. The highest BCUT2D eigenvalue weighted by Gasteiger charge is 2.45. The molecule has 0 aromatic heterocycles. The maximum Gasteiger partial charge on any atom is 0.228 e. The lowest BCUT2D eigenvalue weighted by Gasteiger charge is -2.36. The van der Waals surface area contributed by atoms with Gasteiger partial charge in [0, 0.05) is 4.91 Å². The highest BCUT2D eigenvalue weighted by Crippen LogP contribution is 2.49. The maximum atomic E-state index is 13.9. The number of halogens is 1. The van der Waals surface area contributed by atoms with Gasteiger partial charge in [0.05, 0.1) is 17.0 Å². The Labute approximate surface area is 126 Å². The van der Waals surface area contributed by atoms with Crippen LogP contribution in [-0.4, -0.2) is 22.1 Å². The van der Waals surface area contributed by atoms with Gasteiger partial charge in [-0.25, -0.2) is 4.39 Å². The minimum absolute atomic E-state index is 0.323. The van der Waals surface area contributed by atoms with Gasteiger partial charge < -0.3 is 5.73 Å². The fourth-order valence-corrected chi connectivity index (χ4v) is 4.42. The van der Waals surface area contributed by atoms with Gasteiger partial charge in [-0.2, -0.15) is 0 Å². The van der Waals surface area contributed by atoms with Crippen molar-refractivity contribution in [3.63, 3.8) is 0 Å². The molecule has 0 fully saturated rings. The van der Waals surface area contributed by atoms with Crippen LogP contribution in [0.3, 0.4) is 0 Å². The smallest absolute Gasteiger partial charge is 0.228 e. The van der Waals surface area contributed by atoms with Crippen molar-refractivity contribution in [1.29, 1.82) is 0 Å².